The van der Waals surface area contributed by atoms with Gasteiger partial charge in [0.25, 0.3) is 5.91 Å². The third-order valence-electron chi connectivity index (χ3n) is 5.56. The number of fused-ring (bicyclic) bond motifs is 1. The van der Waals surface area contributed by atoms with Crippen LogP contribution in [0, 0.1) is 0 Å². The summed E-state index contributed by atoms with van der Waals surface area (Å²) in [4.78, 5) is 42.6. The number of rotatable bonds is 5. The number of aromatic nitrogens is 1. The molecule has 34 heavy (non-hydrogen) atoms. The number of carbonyl (C=O) groups excluding carboxylic acids is 3. The van der Waals surface area contributed by atoms with Gasteiger partial charge in [-0.05, 0) is 24.3 Å². The minimum atomic E-state index is -0.936. The number of anilines is 1. The van der Waals surface area contributed by atoms with Crippen LogP contribution >= 0.6 is 0 Å². The maximum atomic E-state index is 13.4. The zero-order valence-corrected chi connectivity index (χ0v) is 18.1. The summed E-state index contributed by atoms with van der Waals surface area (Å²) in [6.45, 7) is 0.216. The van der Waals surface area contributed by atoms with Crippen molar-refractivity contribution in [2.75, 3.05) is 11.9 Å². The molecule has 1 aromatic heterocycles. The van der Waals surface area contributed by atoms with E-state index in [1.54, 1.807) is 24.3 Å². The lowest BCUT2D eigenvalue weighted by Crippen LogP contribution is -2.24. The summed E-state index contributed by atoms with van der Waals surface area (Å²) in [7, 11) is 0. The van der Waals surface area contributed by atoms with Crippen LogP contribution in [0.5, 0.6) is 0 Å². The van der Waals surface area contributed by atoms with Crippen molar-refractivity contribution in [3.05, 3.63) is 96.1 Å². The average Bonchev–Trinajstić information content (AvgIpc) is 3.28. The second-order valence-electron chi connectivity index (χ2n) is 7.79. The van der Waals surface area contributed by atoms with Gasteiger partial charge in [-0.1, -0.05) is 60.7 Å². The van der Waals surface area contributed by atoms with Gasteiger partial charge in [0, 0.05) is 17.4 Å². The average molecular weight is 452 g/mol. The number of para-hydroxylation sites is 2. The van der Waals surface area contributed by atoms with Crippen LogP contribution in [0.3, 0.4) is 0 Å². The molecule has 3 aromatic carbocycles. The van der Waals surface area contributed by atoms with Gasteiger partial charge in [-0.25, -0.2) is 14.6 Å². The number of cyclic esters (lactones) is 1. The van der Waals surface area contributed by atoms with E-state index in [0.717, 1.165) is 5.56 Å². The van der Waals surface area contributed by atoms with Crippen molar-refractivity contribution in [2.45, 2.75) is 12.5 Å². The highest BCUT2D eigenvalue weighted by molar-refractivity contribution is 6.14. The van der Waals surface area contributed by atoms with Crippen LogP contribution in [-0.2, 0) is 14.3 Å². The standard InChI is InChI=1S/C27H20N2O5/c30-25(29-22-13-7-5-11-19(22)26(31)34-24-14-15-33-27(24)32)20-16-23(17-8-2-1-3-9-17)28-21-12-6-4-10-18(20)21/h1-13,16,24H,14-15H2,(H,29,30). The molecule has 1 aliphatic heterocycles. The molecule has 0 bridgehead atoms. The molecule has 1 unspecified atom stereocenters. The van der Waals surface area contributed by atoms with Gasteiger partial charge in [0.15, 0.2) is 0 Å². The zero-order valence-electron chi connectivity index (χ0n) is 18.1. The molecule has 7 nitrogen and oxygen atoms in total. The molecule has 7 heteroatoms. The fourth-order valence-corrected chi connectivity index (χ4v) is 3.86. The summed E-state index contributed by atoms with van der Waals surface area (Å²) in [5.74, 6) is -1.66. The zero-order chi connectivity index (χ0) is 23.5. The molecule has 1 N–H and O–H groups in total. The summed E-state index contributed by atoms with van der Waals surface area (Å²) in [5.41, 5.74) is 3.09. The molecule has 1 fully saturated rings. The first-order chi connectivity index (χ1) is 16.6. The van der Waals surface area contributed by atoms with E-state index in [0.29, 0.717) is 28.6 Å². The number of esters is 2. The van der Waals surface area contributed by atoms with E-state index in [4.69, 9.17) is 14.5 Å². The molecular formula is C27H20N2O5. The monoisotopic (exact) mass is 452 g/mol. The Balaban J connectivity index is 1.48. The topological polar surface area (TPSA) is 94.6 Å². The number of pyridine rings is 1. The SMILES string of the molecule is O=C(OC1CCOC1=O)c1ccccc1NC(=O)c1cc(-c2ccccc2)nc2ccccc12. The maximum absolute atomic E-state index is 13.4. The summed E-state index contributed by atoms with van der Waals surface area (Å²) >= 11 is 0. The summed E-state index contributed by atoms with van der Waals surface area (Å²) in [6.07, 6.45) is -0.626. The largest absolute Gasteiger partial charge is 0.463 e. The third kappa shape index (κ3) is 4.23. The molecule has 0 saturated carbocycles. The van der Waals surface area contributed by atoms with Crippen molar-refractivity contribution in [2.24, 2.45) is 0 Å². The lowest BCUT2D eigenvalue weighted by Gasteiger charge is -2.14. The van der Waals surface area contributed by atoms with Gasteiger partial charge in [-0.3, -0.25) is 4.79 Å². The number of hydrogen-bond acceptors (Lipinski definition) is 6. The van der Waals surface area contributed by atoms with E-state index in [-0.39, 0.29) is 17.9 Å². The van der Waals surface area contributed by atoms with E-state index in [1.165, 1.54) is 6.07 Å². The second-order valence-corrected chi connectivity index (χ2v) is 7.79. The Morgan fingerprint density at radius 2 is 1.65 bits per heavy atom. The lowest BCUT2D eigenvalue weighted by molar-refractivity contribution is -0.145. The highest BCUT2D eigenvalue weighted by Crippen LogP contribution is 2.26. The van der Waals surface area contributed by atoms with E-state index in [1.807, 2.05) is 54.6 Å². The second kappa shape index (κ2) is 9.15. The predicted molar refractivity (Wildman–Crippen MR) is 126 cm³/mol. The first-order valence-corrected chi connectivity index (χ1v) is 10.8. The molecule has 2 heterocycles. The van der Waals surface area contributed by atoms with E-state index >= 15 is 0 Å². The van der Waals surface area contributed by atoms with Gasteiger partial charge in [-0.15, -0.1) is 0 Å². The fourth-order valence-electron chi connectivity index (χ4n) is 3.86. The van der Waals surface area contributed by atoms with Crippen molar-refractivity contribution < 1.29 is 23.9 Å². The van der Waals surface area contributed by atoms with Crippen LogP contribution in [0.1, 0.15) is 27.1 Å². The number of benzene rings is 3. The third-order valence-corrected chi connectivity index (χ3v) is 5.56. The molecule has 1 saturated heterocycles. The first kappa shape index (κ1) is 21.3. The molecule has 4 aromatic rings. The van der Waals surface area contributed by atoms with E-state index in [9.17, 15) is 14.4 Å². The number of amides is 1. The van der Waals surface area contributed by atoms with Crippen molar-refractivity contribution in [3.8, 4) is 11.3 Å². The van der Waals surface area contributed by atoms with Crippen LogP contribution < -0.4 is 5.32 Å². The highest BCUT2D eigenvalue weighted by atomic mass is 16.6. The molecule has 1 amide bonds. The lowest BCUT2D eigenvalue weighted by atomic mass is 10.0. The summed E-state index contributed by atoms with van der Waals surface area (Å²) in [6, 6.07) is 25.2. The van der Waals surface area contributed by atoms with Crippen molar-refractivity contribution in [1.29, 1.82) is 0 Å². The fraction of sp³-hybridized carbons (Fsp3) is 0.111. The Hall–Kier alpha value is -4.52. The molecule has 5 rings (SSSR count). The van der Waals surface area contributed by atoms with Crippen LogP contribution in [0.25, 0.3) is 22.2 Å². The molecule has 1 aliphatic rings. The van der Waals surface area contributed by atoms with Crippen molar-refractivity contribution in [1.82, 2.24) is 4.98 Å². The number of ether oxygens (including phenoxy) is 2. The van der Waals surface area contributed by atoms with E-state index in [2.05, 4.69) is 5.32 Å². The van der Waals surface area contributed by atoms with Crippen LogP contribution in [0.2, 0.25) is 0 Å². The minimum Gasteiger partial charge on any atom is -0.463 e. The van der Waals surface area contributed by atoms with E-state index < -0.39 is 23.9 Å². The Kier molecular flexibility index (Phi) is 5.74. The highest BCUT2D eigenvalue weighted by Gasteiger charge is 2.31. The van der Waals surface area contributed by atoms with Crippen LogP contribution in [0.4, 0.5) is 5.69 Å². The van der Waals surface area contributed by atoms with Crippen LogP contribution in [0.15, 0.2) is 84.9 Å². The van der Waals surface area contributed by atoms with Gasteiger partial charge in [0.05, 0.1) is 34.6 Å². The Morgan fingerprint density at radius 1 is 0.912 bits per heavy atom. The molecule has 168 valence electrons. The molecule has 0 radical (unpaired) electrons. The Labute approximate surface area is 195 Å². The quantitative estimate of drug-likeness (QED) is 0.444. The van der Waals surface area contributed by atoms with Gasteiger partial charge in [-0.2, -0.15) is 0 Å². The Bertz CT molecular complexity index is 1400. The summed E-state index contributed by atoms with van der Waals surface area (Å²) in [5, 5.41) is 3.52. The minimum absolute atomic E-state index is 0.150. The molecule has 0 spiro atoms. The maximum Gasteiger partial charge on any atom is 0.347 e. The summed E-state index contributed by atoms with van der Waals surface area (Å²) < 4.78 is 10.2. The predicted octanol–water partition coefficient (Wildman–Crippen LogP) is 4.63. The van der Waals surface area contributed by atoms with Crippen molar-refractivity contribution in [3.63, 3.8) is 0 Å². The molecular weight excluding hydrogens is 432 g/mol. The van der Waals surface area contributed by atoms with Gasteiger partial charge in [0.1, 0.15) is 0 Å². The number of nitrogens with zero attached hydrogens (tertiary/aromatic N) is 1. The van der Waals surface area contributed by atoms with Crippen molar-refractivity contribution >= 4 is 34.4 Å². The normalized spacial score (nSPS) is 15.1. The van der Waals surface area contributed by atoms with Gasteiger partial charge >= 0.3 is 11.9 Å². The van der Waals surface area contributed by atoms with Gasteiger partial charge in [0.2, 0.25) is 6.10 Å². The molecule has 0 aliphatic carbocycles. The number of carbonyl (C=O) groups is 3. The number of hydrogen-bond donors (Lipinski definition) is 1. The number of nitrogens with one attached hydrogen (secondary N) is 1. The van der Waals surface area contributed by atoms with Crippen LogP contribution in [-0.4, -0.2) is 35.5 Å². The van der Waals surface area contributed by atoms with Gasteiger partial charge < -0.3 is 14.8 Å². The first-order valence-electron chi connectivity index (χ1n) is 10.8. The smallest absolute Gasteiger partial charge is 0.347 e. The Morgan fingerprint density at radius 3 is 2.44 bits per heavy atom. The molecule has 1 atom stereocenters.